The van der Waals surface area contributed by atoms with Gasteiger partial charge in [-0.1, -0.05) is 19.6 Å². The second-order valence-electron chi connectivity index (χ2n) is 5.46. The topological polar surface area (TPSA) is 24.5 Å². The summed E-state index contributed by atoms with van der Waals surface area (Å²) in [6, 6.07) is 0.981. The second-order valence-corrected chi connectivity index (χ2v) is 12.7. The Labute approximate surface area is 128 Å². The van der Waals surface area contributed by atoms with Crippen LogP contribution in [0.3, 0.4) is 0 Å². The van der Waals surface area contributed by atoms with Gasteiger partial charge >= 0.3 is 6.18 Å². The first-order valence-electron chi connectivity index (χ1n) is 5.74. The third-order valence-electron chi connectivity index (χ3n) is 2.51. The Morgan fingerprint density at radius 2 is 1.95 bits per heavy atom. The van der Waals surface area contributed by atoms with Crippen LogP contribution in [0.25, 0.3) is 0 Å². The fourth-order valence-electron chi connectivity index (χ4n) is 1.36. The molecule has 0 fully saturated rings. The highest BCUT2D eigenvalue weighted by Gasteiger charge is 2.43. The van der Waals surface area contributed by atoms with Crippen LogP contribution in [0.5, 0.6) is 0 Å². The minimum Gasteiger partial charge on any atom is -0.361 e. The molecule has 0 aromatic rings. The van der Waals surface area contributed by atoms with E-state index in [2.05, 4.69) is 56.8 Å². The molecule has 0 aliphatic carbocycles. The van der Waals surface area contributed by atoms with Crippen LogP contribution in [0.2, 0.25) is 25.7 Å². The van der Waals surface area contributed by atoms with Crippen molar-refractivity contribution in [3.63, 3.8) is 0 Å². The van der Waals surface area contributed by atoms with Crippen LogP contribution in [0.1, 0.15) is 0 Å². The average molecular weight is 426 g/mol. The molecule has 0 radical (unpaired) electrons. The lowest BCUT2D eigenvalue weighted by Crippen LogP contribution is -2.34. The van der Waals surface area contributed by atoms with Gasteiger partial charge in [0.25, 0.3) is 0 Å². The average Bonchev–Trinajstić information content (AvgIpc) is 2.48. The summed E-state index contributed by atoms with van der Waals surface area (Å²) in [6.07, 6.45) is -4.40. The predicted molar refractivity (Wildman–Crippen MR) is 78.7 cm³/mol. The number of halogens is 5. The number of ether oxygens (including phenoxy) is 1. The normalized spacial score (nSPS) is 21.1. The molecule has 112 valence electrons. The van der Waals surface area contributed by atoms with Crippen molar-refractivity contribution >= 4 is 39.9 Å². The molecular formula is C10H17Br2F3N2OSi. The van der Waals surface area contributed by atoms with E-state index in [9.17, 15) is 13.2 Å². The third-order valence-corrected chi connectivity index (χ3v) is 5.79. The summed E-state index contributed by atoms with van der Waals surface area (Å²) in [5, 5.41) is 1.71. The molecule has 9 heteroatoms. The summed E-state index contributed by atoms with van der Waals surface area (Å²) in [4.78, 5) is 1.44. The van der Waals surface area contributed by atoms with Crippen LogP contribution in [0.4, 0.5) is 13.2 Å². The Kier molecular flexibility index (Phi) is 5.80. The highest BCUT2D eigenvalue weighted by molar-refractivity contribution is 9.12. The van der Waals surface area contributed by atoms with Crippen LogP contribution < -0.4 is 5.32 Å². The van der Waals surface area contributed by atoms with Gasteiger partial charge in [-0.15, -0.1) is 0 Å². The molecule has 1 rings (SSSR count). The standard InChI is InChI=1S/C10H17Br2F3N2OSi/c1-19(2,3)5-4-18-6-17-8(11)7(10(13,14)15)16-9(17)12/h9,16H,4-6H2,1-3H3. The number of rotatable bonds is 5. The van der Waals surface area contributed by atoms with Crippen molar-refractivity contribution in [3.05, 3.63) is 10.3 Å². The van der Waals surface area contributed by atoms with Crippen molar-refractivity contribution in [2.24, 2.45) is 0 Å². The summed E-state index contributed by atoms with van der Waals surface area (Å²) in [5.41, 5.74) is -0.789. The molecule has 3 nitrogen and oxygen atoms in total. The van der Waals surface area contributed by atoms with Gasteiger partial charge in [0.1, 0.15) is 17.0 Å². The van der Waals surface area contributed by atoms with Gasteiger partial charge in [-0.25, -0.2) is 0 Å². The quantitative estimate of drug-likeness (QED) is 0.311. The van der Waals surface area contributed by atoms with Crippen LogP contribution >= 0.6 is 31.9 Å². The van der Waals surface area contributed by atoms with Crippen molar-refractivity contribution in [1.29, 1.82) is 0 Å². The van der Waals surface area contributed by atoms with Crippen molar-refractivity contribution in [1.82, 2.24) is 10.2 Å². The molecule has 0 amide bonds. The van der Waals surface area contributed by atoms with Gasteiger partial charge in [-0.3, -0.25) is 0 Å². The number of nitrogens with one attached hydrogen (secondary N) is 1. The van der Waals surface area contributed by atoms with Gasteiger partial charge < -0.3 is 15.0 Å². The maximum absolute atomic E-state index is 12.7. The highest BCUT2D eigenvalue weighted by atomic mass is 79.9. The first-order valence-corrected chi connectivity index (χ1v) is 11.2. The van der Waals surface area contributed by atoms with E-state index >= 15 is 0 Å². The Hall–Kier alpha value is 0.267. The third kappa shape index (κ3) is 5.28. The number of nitrogens with zero attached hydrogens (tertiary/aromatic N) is 1. The Morgan fingerprint density at radius 1 is 1.37 bits per heavy atom. The second kappa shape index (κ2) is 6.36. The molecule has 1 atom stereocenters. The van der Waals surface area contributed by atoms with Crippen molar-refractivity contribution in [3.8, 4) is 0 Å². The first kappa shape index (κ1) is 17.3. The molecule has 19 heavy (non-hydrogen) atoms. The molecule has 0 saturated carbocycles. The molecule has 0 aromatic carbocycles. The Bertz CT molecular complexity index is 358. The molecule has 0 spiro atoms. The number of alkyl halides is 4. The molecule has 1 heterocycles. The Balaban J connectivity index is 2.52. The summed E-state index contributed by atoms with van der Waals surface area (Å²) >= 11 is 6.10. The molecule has 1 unspecified atom stereocenters. The van der Waals surface area contributed by atoms with E-state index in [4.69, 9.17) is 4.74 Å². The molecule has 1 aliphatic heterocycles. The molecule has 1 aliphatic rings. The lowest BCUT2D eigenvalue weighted by atomic mass is 10.5. The maximum Gasteiger partial charge on any atom is 0.433 e. The van der Waals surface area contributed by atoms with Crippen LogP contribution in [-0.2, 0) is 4.74 Å². The van der Waals surface area contributed by atoms with Gasteiger partial charge in [-0.05, 0) is 37.9 Å². The zero-order valence-corrected chi connectivity index (χ0v) is 15.1. The maximum atomic E-state index is 12.7. The van der Waals surface area contributed by atoms with E-state index in [-0.39, 0.29) is 11.3 Å². The summed E-state index contributed by atoms with van der Waals surface area (Å²) in [5.74, 6) is 0. The zero-order chi connectivity index (χ0) is 14.8. The Morgan fingerprint density at radius 3 is 2.37 bits per heavy atom. The number of allylic oxidation sites excluding steroid dienone is 1. The largest absolute Gasteiger partial charge is 0.433 e. The van der Waals surface area contributed by atoms with E-state index in [1.165, 1.54) is 4.90 Å². The van der Waals surface area contributed by atoms with Crippen LogP contribution in [-0.4, -0.2) is 37.6 Å². The van der Waals surface area contributed by atoms with E-state index in [1.54, 1.807) is 0 Å². The lowest BCUT2D eigenvalue weighted by Gasteiger charge is -2.23. The number of hydrogen-bond acceptors (Lipinski definition) is 3. The molecule has 1 N–H and O–H groups in total. The highest BCUT2D eigenvalue weighted by Crippen LogP contribution is 2.37. The molecular weight excluding hydrogens is 409 g/mol. The fraction of sp³-hybridized carbons (Fsp3) is 0.800. The summed E-state index contributed by atoms with van der Waals surface area (Å²) in [7, 11) is -1.19. The van der Waals surface area contributed by atoms with Crippen LogP contribution in [0.15, 0.2) is 10.3 Å². The summed E-state index contributed by atoms with van der Waals surface area (Å²) < 4.78 is 43.4. The van der Waals surface area contributed by atoms with Gasteiger partial charge in [0.05, 0.1) is 0 Å². The first-order chi connectivity index (χ1) is 8.52. The zero-order valence-electron chi connectivity index (χ0n) is 10.9. The van der Waals surface area contributed by atoms with Gasteiger partial charge in [0, 0.05) is 14.7 Å². The molecule has 0 aromatic heterocycles. The monoisotopic (exact) mass is 424 g/mol. The minimum absolute atomic E-state index is 0.0325. The van der Waals surface area contributed by atoms with E-state index < -0.39 is 25.0 Å². The smallest absolute Gasteiger partial charge is 0.361 e. The number of hydrogen-bond donors (Lipinski definition) is 1. The van der Waals surface area contributed by atoms with E-state index in [0.717, 1.165) is 6.04 Å². The van der Waals surface area contributed by atoms with E-state index in [0.29, 0.717) is 6.61 Å². The summed E-state index contributed by atoms with van der Waals surface area (Å²) in [6.45, 7) is 7.33. The molecule has 0 saturated heterocycles. The SMILES string of the molecule is C[Si](C)(C)CCOCN1C(Br)=C(C(F)(F)F)NC1Br. The van der Waals surface area contributed by atoms with Crippen molar-refractivity contribution in [2.75, 3.05) is 13.3 Å². The lowest BCUT2D eigenvalue weighted by molar-refractivity contribution is -0.0958. The van der Waals surface area contributed by atoms with Crippen LogP contribution in [0, 0.1) is 0 Å². The van der Waals surface area contributed by atoms with Gasteiger partial charge in [0.2, 0.25) is 0 Å². The van der Waals surface area contributed by atoms with E-state index in [1.807, 2.05) is 0 Å². The fourth-order valence-corrected chi connectivity index (χ4v) is 3.59. The predicted octanol–water partition coefficient (Wildman–Crippen LogP) is 4.01. The van der Waals surface area contributed by atoms with Crippen molar-refractivity contribution < 1.29 is 17.9 Å². The molecule has 0 bridgehead atoms. The van der Waals surface area contributed by atoms with Gasteiger partial charge in [-0.2, -0.15) is 13.2 Å². The minimum atomic E-state index is -4.40. The van der Waals surface area contributed by atoms with Gasteiger partial charge in [0.15, 0.2) is 5.08 Å². The van der Waals surface area contributed by atoms with Crippen molar-refractivity contribution in [2.45, 2.75) is 36.9 Å².